The summed E-state index contributed by atoms with van der Waals surface area (Å²) in [5.41, 5.74) is 2.28. The summed E-state index contributed by atoms with van der Waals surface area (Å²) in [6.07, 6.45) is 0.889. The molecule has 6 nitrogen and oxygen atoms in total. The Balaban J connectivity index is 0.00000364. The van der Waals surface area contributed by atoms with Gasteiger partial charge in [-0.15, -0.1) is 35.3 Å². The Morgan fingerprint density at radius 3 is 2.78 bits per heavy atom. The van der Waals surface area contributed by atoms with Gasteiger partial charge in [0.05, 0.1) is 10.7 Å². The first kappa shape index (κ1) is 23.6. The number of benzene rings is 1. The third kappa shape index (κ3) is 9.39. The minimum absolute atomic E-state index is 0. The highest BCUT2D eigenvalue weighted by Gasteiger charge is 2.02. The molecule has 27 heavy (non-hydrogen) atoms. The summed E-state index contributed by atoms with van der Waals surface area (Å²) in [5, 5.41) is 9.87. The van der Waals surface area contributed by atoms with Gasteiger partial charge in [-0.2, -0.15) is 0 Å². The molecule has 1 aromatic carbocycles. The SMILES string of the molecule is CN=C(NCCc1csc(C)n1)NCc1cccc(OCCN(C)C)c1.I. The molecule has 0 spiro atoms. The van der Waals surface area contributed by atoms with Crippen LogP contribution in [0, 0.1) is 6.92 Å². The predicted molar refractivity (Wildman–Crippen MR) is 125 cm³/mol. The molecule has 0 aliphatic heterocycles. The summed E-state index contributed by atoms with van der Waals surface area (Å²) in [6, 6.07) is 8.15. The number of aliphatic imine (C=N–C) groups is 1. The number of hydrogen-bond donors (Lipinski definition) is 2. The molecule has 2 N–H and O–H groups in total. The van der Waals surface area contributed by atoms with E-state index in [1.54, 1.807) is 18.4 Å². The van der Waals surface area contributed by atoms with Gasteiger partial charge >= 0.3 is 0 Å². The number of halogens is 1. The van der Waals surface area contributed by atoms with Gasteiger partial charge in [0.1, 0.15) is 12.4 Å². The van der Waals surface area contributed by atoms with Crippen molar-refractivity contribution in [2.24, 2.45) is 4.99 Å². The van der Waals surface area contributed by atoms with Gasteiger partial charge in [0.15, 0.2) is 5.96 Å². The van der Waals surface area contributed by atoms with Crippen LogP contribution < -0.4 is 15.4 Å². The van der Waals surface area contributed by atoms with Gasteiger partial charge in [0, 0.05) is 38.5 Å². The molecule has 0 bridgehead atoms. The van der Waals surface area contributed by atoms with Gasteiger partial charge in [0.2, 0.25) is 0 Å². The van der Waals surface area contributed by atoms with E-state index in [-0.39, 0.29) is 24.0 Å². The molecule has 0 atom stereocenters. The van der Waals surface area contributed by atoms with Crippen LogP contribution >= 0.6 is 35.3 Å². The molecule has 1 heterocycles. The van der Waals surface area contributed by atoms with Gasteiger partial charge in [-0.05, 0) is 38.7 Å². The number of hydrogen-bond acceptors (Lipinski definition) is 5. The Kier molecular flexibility index (Phi) is 11.3. The Bertz CT molecular complexity index is 705. The maximum Gasteiger partial charge on any atom is 0.191 e. The van der Waals surface area contributed by atoms with E-state index in [2.05, 4.69) is 43.0 Å². The third-order valence-corrected chi connectivity index (χ3v) is 4.55. The fourth-order valence-electron chi connectivity index (χ4n) is 2.33. The molecule has 0 saturated heterocycles. The molecule has 0 radical (unpaired) electrons. The first-order valence-electron chi connectivity index (χ1n) is 8.79. The van der Waals surface area contributed by atoms with E-state index >= 15 is 0 Å². The Hall–Kier alpha value is -1.39. The van der Waals surface area contributed by atoms with E-state index in [4.69, 9.17) is 4.74 Å². The maximum atomic E-state index is 5.79. The summed E-state index contributed by atoms with van der Waals surface area (Å²) in [4.78, 5) is 10.8. The number of nitrogens with one attached hydrogen (secondary N) is 2. The number of likely N-dealkylation sites (N-methyl/N-ethyl adjacent to an activating group) is 1. The van der Waals surface area contributed by atoms with Crippen LogP contribution in [0.2, 0.25) is 0 Å². The molecule has 0 aliphatic rings. The fraction of sp³-hybridized carbons (Fsp3) is 0.474. The smallest absolute Gasteiger partial charge is 0.191 e. The zero-order chi connectivity index (χ0) is 18.8. The number of ether oxygens (including phenoxy) is 1. The molecule has 2 rings (SSSR count). The van der Waals surface area contributed by atoms with Gasteiger partial charge in [-0.25, -0.2) is 4.98 Å². The molecule has 1 aromatic heterocycles. The van der Waals surface area contributed by atoms with Crippen LogP contribution in [0.25, 0.3) is 0 Å². The van der Waals surface area contributed by atoms with E-state index in [0.29, 0.717) is 13.2 Å². The molecule has 2 aromatic rings. The monoisotopic (exact) mass is 503 g/mol. The van der Waals surface area contributed by atoms with Crippen LogP contribution in [0.4, 0.5) is 0 Å². The number of nitrogens with zero attached hydrogens (tertiary/aromatic N) is 3. The van der Waals surface area contributed by atoms with Gasteiger partial charge < -0.3 is 20.3 Å². The van der Waals surface area contributed by atoms with Crippen LogP contribution in [-0.2, 0) is 13.0 Å². The minimum atomic E-state index is 0. The first-order chi connectivity index (χ1) is 12.6. The van der Waals surface area contributed by atoms with E-state index in [1.165, 1.54) is 0 Å². The molecular formula is C19H30IN5OS. The molecule has 150 valence electrons. The lowest BCUT2D eigenvalue weighted by Crippen LogP contribution is -2.37. The van der Waals surface area contributed by atoms with Crippen LogP contribution in [-0.4, -0.2) is 56.7 Å². The Labute approximate surface area is 183 Å². The van der Waals surface area contributed by atoms with Crippen molar-refractivity contribution < 1.29 is 4.74 Å². The first-order valence-corrected chi connectivity index (χ1v) is 9.67. The van der Waals surface area contributed by atoms with Crippen molar-refractivity contribution in [1.29, 1.82) is 0 Å². The van der Waals surface area contributed by atoms with Crippen molar-refractivity contribution in [3.63, 3.8) is 0 Å². The topological polar surface area (TPSA) is 61.8 Å². The second kappa shape index (κ2) is 12.9. The molecule has 0 aliphatic carbocycles. The zero-order valence-electron chi connectivity index (χ0n) is 16.5. The van der Waals surface area contributed by atoms with Crippen LogP contribution in [0.3, 0.4) is 0 Å². The number of guanidine groups is 1. The van der Waals surface area contributed by atoms with Gasteiger partial charge in [0.25, 0.3) is 0 Å². The summed E-state index contributed by atoms with van der Waals surface area (Å²) < 4.78 is 5.79. The summed E-state index contributed by atoms with van der Waals surface area (Å²) in [6.45, 7) is 5.11. The molecule has 0 amide bonds. The highest BCUT2D eigenvalue weighted by Crippen LogP contribution is 2.13. The van der Waals surface area contributed by atoms with Gasteiger partial charge in [-0.3, -0.25) is 4.99 Å². The lowest BCUT2D eigenvalue weighted by Gasteiger charge is -2.13. The number of rotatable bonds is 9. The van der Waals surface area contributed by atoms with Crippen molar-refractivity contribution in [3.8, 4) is 5.75 Å². The summed E-state index contributed by atoms with van der Waals surface area (Å²) in [7, 11) is 5.86. The van der Waals surface area contributed by atoms with Crippen molar-refractivity contribution in [1.82, 2.24) is 20.5 Å². The van der Waals surface area contributed by atoms with Gasteiger partial charge in [-0.1, -0.05) is 12.1 Å². The zero-order valence-corrected chi connectivity index (χ0v) is 19.6. The highest BCUT2D eigenvalue weighted by molar-refractivity contribution is 14.0. The van der Waals surface area contributed by atoms with Crippen molar-refractivity contribution in [3.05, 3.63) is 45.9 Å². The average Bonchev–Trinajstić information content (AvgIpc) is 3.03. The second-order valence-electron chi connectivity index (χ2n) is 6.26. The lowest BCUT2D eigenvalue weighted by molar-refractivity contribution is 0.261. The second-order valence-corrected chi connectivity index (χ2v) is 7.32. The molecule has 0 saturated carbocycles. The van der Waals surface area contributed by atoms with E-state index in [1.807, 2.05) is 33.2 Å². The Morgan fingerprint density at radius 1 is 1.30 bits per heavy atom. The maximum absolute atomic E-state index is 5.79. The van der Waals surface area contributed by atoms with Crippen molar-refractivity contribution in [2.75, 3.05) is 40.8 Å². The summed E-state index contributed by atoms with van der Waals surface area (Å²) in [5.74, 6) is 1.68. The standard InChI is InChI=1S/C19H29N5OS.HI/c1-15-23-17(14-26-15)8-9-21-19(20-2)22-13-16-6-5-7-18(12-16)25-11-10-24(3)4;/h5-7,12,14H,8-11,13H2,1-4H3,(H2,20,21,22);1H. The van der Waals surface area contributed by atoms with E-state index < -0.39 is 0 Å². The minimum Gasteiger partial charge on any atom is -0.492 e. The normalized spacial score (nSPS) is 11.2. The number of aromatic nitrogens is 1. The fourth-order valence-corrected chi connectivity index (χ4v) is 2.98. The lowest BCUT2D eigenvalue weighted by atomic mass is 10.2. The van der Waals surface area contributed by atoms with Crippen LogP contribution in [0.1, 0.15) is 16.3 Å². The summed E-state index contributed by atoms with van der Waals surface area (Å²) >= 11 is 1.69. The van der Waals surface area contributed by atoms with Crippen molar-refractivity contribution in [2.45, 2.75) is 19.9 Å². The number of thiazole rings is 1. The number of aryl methyl sites for hydroxylation is 1. The Morgan fingerprint density at radius 2 is 2.11 bits per heavy atom. The van der Waals surface area contributed by atoms with E-state index in [0.717, 1.165) is 47.5 Å². The molecule has 0 fully saturated rings. The van der Waals surface area contributed by atoms with Crippen LogP contribution in [0.15, 0.2) is 34.6 Å². The largest absolute Gasteiger partial charge is 0.492 e. The van der Waals surface area contributed by atoms with Crippen LogP contribution in [0.5, 0.6) is 5.75 Å². The quantitative estimate of drug-likeness (QED) is 0.313. The molecule has 0 unspecified atom stereocenters. The highest BCUT2D eigenvalue weighted by atomic mass is 127. The predicted octanol–water partition coefficient (Wildman–Crippen LogP) is 2.92. The molecule has 8 heteroatoms. The average molecular weight is 503 g/mol. The van der Waals surface area contributed by atoms with Crippen molar-refractivity contribution >= 4 is 41.3 Å². The van der Waals surface area contributed by atoms with E-state index in [9.17, 15) is 0 Å². The molecular weight excluding hydrogens is 473 g/mol. The third-order valence-electron chi connectivity index (χ3n) is 3.73.